The molecule has 0 aliphatic carbocycles. The van der Waals surface area contributed by atoms with E-state index < -0.39 is 51.1 Å². The van der Waals surface area contributed by atoms with Gasteiger partial charge in [0.2, 0.25) is 0 Å². The van der Waals surface area contributed by atoms with Crippen LogP contribution in [-0.2, 0) is 37.5 Å². The van der Waals surface area contributed by atoms with Crippen LogP contribution < -0.4 is 5.73 Å². The van der Waals surface area contributed by atoms with Crippen LogP contribution in [0.2, 0.25) is 0 Å². The third-order valence-electron chi connectivity index (χ3n) is 9.09. The topological polar surface area (TPSA) is 172 Å². The Morgan fingerprint density at radius 3 is 1.50 bits per heavy atom. The number of aliphatic carboxylic acids is 1. The number of ether oxygens (including phenoxy) is 2. The van der Waals surface area contributed by atoms with Crippen molar-refractivity contribution >= 4 is 25.7 Å². The predicted molar refractivity (Wildman–Crippen MR) is 226 cm³/mol. The molecular formula is C44H78NO10P. The highest BCUT2D eigenvalue weighted by Gasteiger charge is 2.28. The summed E-state index contributed by atoms with van der Waals surface area (Å²) < 4.78 is 32.6. The second-order valence-electron chi connectivity index (χ2n) is 14.5. The van der Waals surface area contributed by atoms with Crippen LogP contribution in [0.1, 0.15) is 181 Å². The van der Waals surface area contributed by atoms with Gasteiger partial charge in [-0.25, -0.2) is 4.57 Å². The molecule has 0 saturated carbocycles. The van der Waals surface area contributed by atoms with Gasteiger partial charge < -0.3 is 25.2 Å². The third-order valence-corrected chi connectivity index (χ3v) is 10.0. The van der Waals surface area contributed by atoms with E-state index in [-0.39, 0.29) is 19.4 Å². The van der Waals surface area contributed by atoms with Gasteiger partial charge in [0.05, 0.1) is 13.2 Å². The molecule has 11 nitrogen and oxygen atoms in total. The van der Waals surface area contributed by atoms with E-state index in [0.29, 0.717) is 12.8 Å². The Balaban J connectivity index is 4.25. The largest absolute Gasteiger partial charge is 0.480 e. The van der Waals surface area contributed by atoms with Crippen molar-refractivity contribution < 1.29 is 47.5 Å². The van der Waals surface area contributed by atoms with Crippen LogP contribution in [0.3, 0.4) is 0 Å². The molecule has 0 bridgehead atoms. The molecule has 0 fully saturated rings. The number of hydrogen-bond donors (Lipinski definition) is 3. The Morgan fingerprint density at radius 1 is 0.571 bits per heavy atom. The van der Waals surface area contributed by atoms with E-state index in [9.17, 15) is 23.8 Å². The van der Waals surface area contributed by atoms with Crippen LogP contribution in [-0.4, -0.2) is 59.9 Å². The molecule has 0 saturated heterocycles. The summed E-state index contributed by atoms with van der Waals surface area (Å²) in [6, 6.07) is -1.52. The van der Waals surface area contributed by atoms with Crippen LogP contribution in [0.25, 0.3) is 0 Å². The average molecular weight is 812 g/mol. The fourth-order valence-corrected chi connectivity index (χ4v) is 6.48. The van der Waals surface area contributed by atoms with E-state index in [0.717, 1.165) is 70.6 Å². The van der Waals surface area contributed by atoms with Crippen LogP contribution in [0.5, 0.6) is 0 Å². The molecule has 3 unspecified atom stereocenters. The molecule has 3 atom stereocenters. The van der Waals surface area contributed by atoms with E-state index in [1.54, 1.807) is 0 Å². The third kappa shape index (κ3) is 38.3. The van der Waals surface area contributed by atoms with Crippen LogP contribution >= 0.6 is 7.82 Å². The lowest BCUT2D eigenvalue weighted by Crippen LogP contribution is -2.34. The molecule has 56 heavy (non-hydrogen) atoms. The van der Waals surface area contributed by atoms with E-state index in [1.807, 2.05) is 0 Å². The van der Waals surface area contributed by atoms with Crippen LogP contribution in [0.15, 0.2) is 48.6 Å². The summed E-state index contributed by atoms with van der Waals surface area (Å²) in [6.07, 6.45) is 43.3. The molecule has 4 N–H and O–H groups in total. The second-order valence-corrected chi connectivity index (χ2v) is 15.9. The number of phosphoric acid groups is 1. The lowest BCUT2D eigenvalue weighted by Gasteiger charge is -2.20. The number of carboxylic acid groups (broad SMARTS) is 1. The molecule has 0 aromatic rings. The van der Waals surface area contributed by atoms with E-state index in [4.69, 9.17) is 24.8 Å². The first-order valence-electron chi connectivity index (χ1n) is 21.7. The Kier molecular flexibility index (Phi) is 37.5. The molecule has 0 aromatic carbocycles. The summed E-state index contributed by atoms with van der Waals surface area (Å²) in [5, 5.41) is 8.87. The zero-order valence-corrected chi connectivity index (χ0v) is 35.9. The van der Waals surface area contributed by atoms with Crippen molar-refractivity contribution in [1.29, 1.82) is 0 Å². The van der Waals surface area contributed by atoms with Crippen molar-refractivity contribution in [3.8, 4) is 0 Å². The number of unbranched alkanes of at least 4 members (excludes halogenated alkanes) is 18. The van der Waals surface area contributed by atoms with Crippen LogP contribution in [0, 0.1) is 0 Å². The first-order valence-corrected chi connectivity index (χ1v) is 23.2. The Hall–Kier alpha value is -2.56. The normalized spacial score (nSPS) is 14.2. The highest BCUT2D eigenvalue weighted by atomic mass is 31.2. The molecule has 324 valence electrons. The lowest BCUT2D eigenvalue weighted by molar-refractivity contribution is -0.161. The van der Waals surface area contributed by atoms with Gasteiger partial charge in [-0.1, -0.05) is 165 Å². The summed E-state index contributed by atoms with van der Waals surface area (Å²) in [6.45, 7) is 2.66. The molecule has 0 aliphatic rings. The number of allylic oxidation sites excluding steroid dienone is 8. The minimum absolute atomic E-state index is 0.156. The van der Waals surface area contributed by atoms with Gasteiger partial charge in [-0.3, -0.25) is 23.4 Å². The quantitative estimate of drug-likeness (QED) is 0.0233. The Bertz CT molecular complexity index is 1140. The maximum absolute atomic E-state index is 12.6. The zero-order valence-electron chi connectivity index (χ0n) is 35.0. The van der Waals surface area contributed by atoms with E-state index in [1.165, 1.54) is 70.6 Å². The number of carbonyl (C=O) groups is 3. The summed E-state index contributed by atoms with van der Waals surface area (Å²) in [5.74, 6) is -2.39. The van der Waals surface area contributed by atoms with Gasteiger partial charge in [0.15, 0.2) is 6.10 Å². The average Bonchev–Trinajstić information content (AvgIpc) is 3.17. The van der Waals surface area contributed by atoms with Gasteiger partial charge in [-0.15, -0.1) is 0 Å². The van der Waals surface area contributed by atoms with Gasteiger partial charge >= 0.3 is 25.7 Å². The highest BCUT2D eigenvalue weighted by Crippen LogP contribution is 2.43. The molecular weight excluding hydrogens is 733 g/mol. The molecule has 0 radical (unpaired) electrons. The maximum Gasteiger partial charge on any atom is 0.472 e. The minimum Gasteiger partial charge on any atom is -0.480 e. The van der Waals surface area contributed by atoms with E-state index >= 15 is 0 Å². The number of rotatable bonds is 40. The molecule has 0 aliphatic heterocycles. The second kappa shape index (κ2) is 39.3. The molecule has 12 heteroatoms. The number of carboxylic acids is 1. The first kappa shape index (κ1) is 53.4. The standard InChI is InChI=1S/C44H78NO10P/c1-3-5-7-9-11-13-14-15-16-17-18-19-20-21-22-23-24-25-26-28-30-32-34-36-43(47)55-40(38-53-56(50,51)54-39-41(45)44(48)49)37-52-42(46)35-33-31-29-27-12-10-8-6-4-2/h5,7,11,13,15-16,18-19,40-41H,3-4,6,8-10,12,14,17,20-39,45H2,1-2H3,(H,48,49)(H,50,51)/b7-5-,13-11-,16-15-,19-18-. The predicted octanol–water partition coefficient (Wildman–Crippen LogP) is 11.4. The SMILES string of the molecule is CC/C=C\C/C=C\C/C=C\C/C=C\CCCCCCCCCCCCC(=O)OC(COC(=O)CCCCCCCCCCC)COP(=O)(O)OCC(N)C(=O)O. The van der Waals surface area contributed by atoms with Gasteiger partial charge in [0.1, 0.15) is 12.6 Å². The Morgan fingerprint density at radius 2 is 1.00 bits per heavy atom. The summed E-state index contributed by atoms with van der Waals surface area (Å²) in [7, 11) is -4.71. The monoisotopic (exact) mass is 812 g/mol. The summed E-state index contributed by atoms with van der Waals surface area (Å²) in [4.78, 5) is 45.8. The van der Waals surface area contributed by atoms with Crippen LogP contribution in [0.4, 0.5) is 0 Å². The molecule has 0 spiro atoms. The van der Waals surface area contributed by atoms with Crippen molar-refractivity contribution in [3.05, 3.63) is 48.6 Å². The summed E-state index contributed by atoms with van der Waals surface area (Å²) >= 11 is 0. The smallest absolute Gasteiger partial charge is 0.472 e. The molecule has 0 aromatic heterocycles. The molecule has 0 amide bonds. The number of esters is 2. The van der Waals surface area contributed by atoms with Crippen molar-refractivity contribution in [2.45, 2.75) is 193 Å². The minimum atomic E-state index is -4.71. The van der Waals surface area contributed by atoms with Crippen molar-refractivity contribution in [1.82, 2.24) is 0 Å². The number of hydrogen-bond acceptors (Lipinski definition) is 9. The number of phosphoric ester groups is 1. The number of carbonyl (C=O) groups excluding carboxylic acids is 2. The fraction of sp³-hybridized carbons (Fsp3) is 0.750. The van der Waals surface area contributed by atoms with Crippen molar-refractivity contribution in [2.24, 2.45) is 5.73 Å². The molecule has 0 heterocycles. The van der Waals surface area contributed by atoms with Gasteiger partial charge in [0, 0.05) is 12.8 Å². The van der Waals surface area contributed by atoms with Gasteiger partial charge in [-0.2, -0.15) is 0 Å². The van der Waals surface area contributed by atoms with Crippen molar-refractivity contribution in [3.63, 3.8) is 0 Å². The van der Waals surface area contributed by atoms with Crippen molar-refractivity contribution in [2.75, 3.05) is 19.8 Å². The number of nitrogens with two attached hydrogens (primary N) is 1. The first-order chi connectivity index (χ1) is 27.1. The van der Waals surface area contributed by atoms with Gasteiger partial charge in [-0.05, 0) is 51.4 Å². The highest BCUT2D eigenvalue weighted by molar-refractivity contribution is 7.47. The Labute approximate surface area is 339 Å². The summed E-state index contributed by atoms with van der Waals surface area (Å²) in [5.41, 5.74) is 5.32. The zero-order chi connectivity index (χ0) is 41.4. The fourth-order valence-electron chi connectivity index (χ4n) is 5.70. The van der Waals surface area contributed by atoms with E-state index in [2.05, 4.69) is 67.0 Å². The maximum atomic E-state index is 12.6. The lowest BCUT2D eigenvalue weighted by atomic mass is 10.0. The molecule has 0 rings (SSSR count). The van der Waals surface area contributed by atoms with Gasteiger partial charge in [0.25, 0.3) is 0 Å².